The summed E-state index contributed by atoms with van der Waals surface area (Å²) >= 11 is 0. The van der Waals surface area contributed by atoms with Crippen molar-refractivity contribution in [2.75, 3.05) is 0 Å². The van der Waals surface area contributed by atoms with Crippen LogP contribution in [-0.2, 0) is 6.42 Å². The van der Waals surface area contributed by atoms with Crippen LogP contribution < -0.4 is 4.74 Å². The molecule has 1 aliphatic heterocycles. The SMILES string of the molecule is CCCCCc1cc2c(c(O)c1C)[C@@H]1C=C(C)CC[C@H]1C(C)(C)O2. The number of phenols is 1. The summed E-state index contributed by atoms with van der Waals surface area (Å²) in [6, 6.07) is 2.20. The van der Waals surface area contributed by atoms with Gasteiger partial charge in [0.25, 0.3) is 0 Å². The number of hydrogen-bond donors (Lipinski definition) is 1. The molecule has 0 saturated heterocycles. The maximum atomic E-state index is 11.0. The van der Waals surface area contributed by atoms with Gasteiger partial charge in [-0.05, 0) is 70.6 Å². The van der Waals surface area contributed by atoms with E-state index in [1.54, 1.807) is 0 Å². The first-order valence-corrected chi connectivity index (χ1v) is 9.56. The van der Waals surface area contributed by atoms with E-state index in [9.17, 15) is 5.11 Å². The summed E-state index contributed by atoms with van der Waals surface area (Å²) in [5.74, 6) is 2.09. The smallest absolute Gasteiger partial charge is 0.127 e. The second-order valence-corrected chi connectivity index (χ2v) is 8.27. The lowest BCUT2D eigenvalue weighted by Gasteiger charge is -2.46. The van der Waals surface area contributed by atoms with Crippen LogP contribution in [0, 0.1) is 12.8 Å². The number of allylic oxidation sites excluding steroid dienone is 2. The van der Waals surface area contributed by atoms with Crippen molar-refractivity contribution in [2.24, 2.45) is 5.92 Å². The maximum Gasteiger partial charge on any atom is 0.127 e. The topological polar surface area (TPSA) is 29.5 Å². The van der Waals surface area contributed by atoms with Gasteiger partial charge < -0.3 is 9.84 Å². The molecule has 2 heteroatoms. The van der Waals surface area contributed by atoms with Crippen LogP contribution in [0.2, 0.25) is 0 Å². The van der Waals surface area contributed by atoms with Crippen LogP contribution in [0.3, 0.4) is 0 Å². The van der Waals surface area contributed by atoms with E-state index in [0.717, 1.165) is 36.1 Å². The van der Waals surface area contributed by atoms with Gasteiger partial charge in [0, 0.05) is 17.4 Å². The summed E-state index contributed by atoms with van der Waals surface area (Å²) in [5.41, 5.74) is 4.56. The molecule has 2 aliphatic rings. The molecule has 0 bridgehead atoms. The number of unbranched alkanes of at least 4 members (excludes halogenated alkanes) is 2. The summed E-state index contributed by atoms with van der Waals surface area (Å²) in [6.07, 6.45) is 9.28. The molecular weight excluding hydrogens is 296 g/mol. The Morgan fingerprint density at radius 1 is 1.25 bits per heavy atom. The average Bonchev–Trinajstić information content (AvgIpc) is 2.51. The van der Waals surface area contributed by atoms with Gasteiger partial charge in [-0.25, -0.2) is 0 Å². The fourth-order valence-electron chi connectivity index (χ4n) is 4.54. The predicted molar refractivity (Wildman–Crippen MR) is 100 cm³/mol. The van der Waals surface area contributed by atoms with Crippen molar-refractivity contribution < 1.29 is 9.84 Å². The summed E-state index contributed by atoms with van der Waals surface area (Å²) in [6.45, 7) is 10.9. The second kappa shape index (κ2) is 6.46. The van der Waals surface area contributed by atoms with Crippen LogP contribution in [0.4, 0.5) is 0 Å². The van der Waals surface area contributed by atoms with Crippen molar-refractivity contribution in [3.63, 3.8) is 0 Å². The standard InChI is InChI=1S/C22H32O2/c1-6-7-8-9-16-13-19-20(21(23)15(16)3)17-12-14(2)10-11-18(17)22(4,5)24-19/h12-13,17-18,23H,6-11H2,1-5H3/t17-,18-/m1/s1. The Morgan fingerprint density at radius 2 is 2.00 bits per heavy atom. The van der Waals surface area contributed by atoms with Gasteiger partial charge in [0.05, 0.1) is 0 Å². The number of rotatable bonds is 4. The molecule has 0 aromatic heterocycles. The van der Waals surface area contributed by atoms with Gasteiger partial charge in [-0.3, -0.25) is 0 Å². The van der Waals surface area contributed by atoms with Gasteiger partial charge in [0.15, 0.2) is 0 Å². The van der Waals surface area contributed by atoms with Crippen LogP contribution in [0.25, 0.3) is 0 Å². The van der Waals surface area contributed by atoms with E-state index in [4.69, 9.17) is 4.74 Å². The Bertz CT molecular complexity index is 654. The van der Waals surface area contributed by atoms with Crippen LogP contribution in [0.15, 0.2) is 17.7 Å². The minimum atomic E-state index is -0.183. The molecule has 0 spiro atoms. The average molecular weight is 328 g/mol. The van der Waals surface area contributed by atoms with Gasteiger partial charge in [-0.15, -0.1) is 0 Å². The lowest BCUT2D eigenvalue weighted by Crippen LogP contribution is -2.45. The van der Waals surface area contributed by atoms with Crippen LogP contribution >= 0.6 is 0 Å². The summed E-state index contributed by atoms with van der Waals surface area (Å²) in [7, 11) is 0. The molecule has 1 aliphatic carbocycles. The zero-order chi connectivity index (χ0) is 17.5. The molecule has 1 N–H and O–H groups in total. The van der Waals surface area contributed by atoms with Crippen LogP contribution in [0.5, 0.6) is 11.5 Å². The van der Waals surface area contributed by atoms with Gasteiger partial charge in [-0.1, -0.05) is 31.4 Å². The highest BCUT2D eigenvalue weighted by molar-refractivity contribution is 5.58. The molecule has 3 rings (SSSR count). The van der Waals surface area contributed by atoms with E-state index < -0.39 is 0 Å². The molecule has 1 aromatic carbocycles. The highest BCUT2D eigenvalue weighted by atomic mass is 16.5. The molecule has 0 fully saturated rings. The summed E-state index contributed by atoms with van der Waals surface area (Å²) in [4.78, 5) is 0. The third-order valence-electron chi connectivity index (χ3n) is 6.06. The molecule has 1 heterocycles. The molecule has 0 unspecified atom stereocenters. The Balaban J connectivity index is 2.06. The number of hydrogen-bond acceptors (Lipinski definition) is 2. The monoisotopic (exact) mass is 328 g/mol. The van der Waals surface area contributed by atoms with E-state index in [-0.39, 0.29) is 11.5 Å². The van der Waals surface area contributed by atoms with Crippen molar-refractivity contribution in [2.45, 2.75) is 84.7 Å². The Labute approximate surface area is 146 Å². The number of fused-ring (bicyclic) bond motifs is 3. The first-order valence-electron chi connectivity index (χ1n) is 9.56. The Morgan fingerprint density at radius 3 is 2.71 bits per heavy atom. The zero-order valence-electron chi connectivity index (χ0n) is 15.9. The third-order valence-corrected chi connectivity index (χ3v) is 6.06. The summed E-state index contributed by atoms with van der Waals surface area (Å²) < 4.78 is 6.42. The molecule has 0 saturated carbocycles. The first kappa shape index (κ1) is 17.4. The number of benzene rings is 1. The van der Waals surface area contributed by atoms with Crippen LogP contribution in [-0.4, -0.2) is 10.7 Å². The van der Waals surface area contributed by atoms with Crippen molar-refractivity contribution in [1.29, 1.82) is 0 Å². The normalized spacial score (nSPS) is 24.6. The number of aryl methyl sites for hydroxylation is 1. The minimum absolute atomic E-state index is 0.183. The Kier molecular flexibility index (Phi) is 4.68. The van der Waals surface area contributed by atoms with Crippen molar-refractivity contribution in [1.82, 2.24) is 0 Å². The fourth-order valence-corrected chi connectivity index (χ4v) is 4.54. The van der Waals surface area contributed by atoms with E-state index in [1.807, 2.05) is 0 Å². The first-order chi connectivity index (χ1) is 11.3. The predicted octanol–water partition coefficient (Wildman–Crippen LogP) is 6.04. The molecule has 2 atom stereocenters. The minimum Gasteiger partial charge on any atom is -0.507 e. The zero-order valence-corrected chi connectivity index (χ0v) is 15.9. The van der Waals surface area contributed by atoms with E-state index in [1.165, 1.54) is 30.4 Å². The van der Waals surface area contributed by atoms with Gasteiger partial charge in [-0.2, -0.15) is 0 Å². The summed E-state index contributed by atoms with van der Waals surface area (Å²) in [5, 5.41) is 11.0. The van der Waals surface area contributed by atoms with Gasteiger partial charge >= 0.3 is 0 Å². The number of ether oxygens (including phenoxy) is 1. The third kappa shape index (κ3) is 2.96. The quantitative estimate of drug-likeness (QED) is 0.539. The van der Waals surface area contributed by atoms with Crippen molar-refractivity contribution in [3.8, 4) is 11.5 Å². The van der Waals surface area contributed by atoms with E-state index in [0.29, 0.717) is 11.7 Å². The van der Waals surface area contributed by atoms with Gasteiger partial charge in [0.2, 0.25) is 0 Å². The van der Waals surface area contributed by atoms with E-state index in [2.05, 4.69) is 46.8 Å². The lowest BCUT2D eigenvalue weighted by atomic mass is 9.67. The number of phenolic OH excluding ortho intramolecular Hbond substituents is 1. The van der Waals surface area contributed by atoms with E-state index >= 15 is 0 Å². The lowest BCUT2D eigenvalue weighted by molar-refractivity contribution is 0.0106. The molecular formula is C22H32O2. The highest BCUT2D eigenvalue weighted by Crippen LogP contribution is 2.54. The van der Waals surface area contributed by atoms with Gasteiger partial charge in [0.1, 0.15) is 17.1 Å². The maximum absolute atomic E-state index is 11.0. The highest BCUT2D eigenvalue weighted by Gasteiger charge is 2.45. The second-order valence-electron chi connectivity index (χ2n) is 8.27. The van der Waals surface area contributed by atoms with Crippen molar-refractivity contribution >= 4 is 0 Å². The molecule has 24 heavy (non-hydrogen) atoms. The largest absolute Gasteiger partial charge is 0.507 e. The Hall–Kier alpha value is -1.44. The van der Waals surface area contributed by atoms with Crippen LogP contribution in [0.1, 0.15) is 82.4 Å². The molecule has 1 aromatic rings. The molecule has 0 amide bonds. The number of aromatic hydroxyl groups is 1. The fraction of sp³-hybridized carbons (Fsp3) is 0.636. The molecule has 0 radical (unpaired) electrons. The molecule has 2 nitrogen and oxygen atoms in total. The molecule has 132 valence electrons. The van der Waals surface area contributed by atoms with Crippen molar-refractivity contribution in [3.05, 3.63) is 34.4 Å².